The Bertz CT molecular complexity index is 375. The van der Waals surface area contributed by atoms with Gasteiger partial charge >= 0.3 is 0 Å². The van der Waals surface area contributed by atoms with E-state index in [4.69, 9.17) is 9.47 Å². The molecule has 0 unspecified atom stereocenters. The van der Waals surface area contributed by atoms with E-state index in [2.05, 4.69) is 41.4 Å². The van der Waals surface area contributed by atoms with Crippen molar-refractivity contribution in [3.63, 3.8) is 0 Å². The van der Waals surface area contributed by atoms with E-state index in [-0.39, 0.29) is 0 Å². The van der Waals surface area contributed by atoms with Gasteiger partial charge in [0.1, 0.15) is 5.75 Å². The van der Waals surface area contributed by atoms with Gasteiger partial charge in [-0.1, -0.05) is 19.1 Å². The second kappa shape index (κ2) is 9.77. The first-order chi connectivity index (χ1) is 10.4. The maximum atomic E-state index is 5.58. The van der Waals surface area contributed by atoms with Gasteiger partial charge in [0.25, 0.3) is 0 Å². The van der Waals surface area contributed by atoms with Crippen LogP contribution in [-0.4, -0.2) is 50.9 Å². The van der Waals surface area contributed by atoms with E-state index in [1.807, 2.05) is 0 Å². The molecule has 1 saturated heterocycles. The molecule has 0 amide bonds. The molecule has 1 aromatic rings. The second-order valence-corrected chi connectivity index (χ2v) is 5.48. The van der Waals surface area contributed by atoms with Crippen LogP contribution in [0.25, 0.3) is 0 Å². The van der Waals surface area contributed by atoms with Crippen LogP contribution in [0, 0.1) is 0 Å². The molecule has 1 heterocycles. The van der Waals surface area contributed by atoms with Crippen LogP contribution in [0.3, 0.4) is 0 Å². The summed E-state index contributed by atoms with van der Waals surface area (Å²) in [6.45, 7) is 10.0. The van der Waals surface area contributed by atoms with Crippen molar-refractivity contribution in [2.75, 3.05) is 46.0 Å². The highest BCUT2D eigenvalue weighted by Gasteiger charge is 2.08. The molecule has 1 aromatic carbocycles. The molecule has 1 aliphatic heterocycles. The van der Waals surface area contributed by atoms with E-state index in [9.17, 15) is 0 Å². The standard InChI is InChI=1S/C17H28N2O2/c1-2-12-21-17-6-4-16(5-7-17)15-18-8-3-9-19-10-13-20-14-11-19/h4-7,18H,2-3,8-15H2,1H3. The largest absolute Gasteiger partial charge is 0.494 e. The molecule has 0 spiro atoms. The normalized spacial score (nSPS) is 16.0. The molecule has 0 saturated carbocycles. The SMILES string of the molecule is CCCOc1ccc(CNCCCN2CCOCC2)cc1. The summed E-state index contributed by atoms with van der Waals surface area (Å²) >= 11 is 0. The van der Waals surface area contributed by atoms with Crippen LogP contribution in [0.5, 0.6) is 5.75 Å². The Morgan fingerprint density at radius 3 is 2.67 bits per heavy atom. The minimum Gasteiger partial charge on any atom is -0.494 e. The van der Waals surface area contributed by atoms with Gasteiger partial charge < -0.3 is 14.8 Å². The van der Waals surface area contributed by atoms with Gasteiger partial charge in [0.05, 0.1) is 19.8 Å². The molecule has 0 radical (unpaired) electrons. The Hall–Kier alpha value is -1.10. The van der Waals surface area contributed by atoms with Crippen LogP contribution in [0.15, 0.2) is 24.3 Å². The topological polar surface area (TPSA) is 33.7 Å². The number of nitrogens with one attached hydrogen (secondary N) is 1. The van der Waals surface area contributed by atoms with Crippen molar-refractivity contribution in [3.8, 4) is 5.75 Å². The van der Waals surface area contributed by atoms with Crippen molar-refractivity contribution in [3.05, 3.63) is 29.8 Å². The van der Waals surface area contributed by atoms with E-state index in [0.717, 1.165) is 58.2 Å². The molecule has 2 rings (SSSR count). The number of benzene rings is 1. The average molecular weight is 292 g/mol. The highest BCUT2D eigenvalue weighted by atomic mass is 16.5. The summed E-state index contributed by atoms with van der Waals surface area (Å²) in [4.78, 5) is 2.48. The van der Waals surface area contributed by atoms with E-state index >= 15 is 0 Å². The van der Waals surface area contributed by atoms with Crippen molar-refractivity contribution in [2.24, 2.45) is 0 Å². The maximum Gasteiger partial charge on any atom is 0.119 e. The number of hydrogen-bond acceptors (Lipinski definition) is 4. The lowest BCUT2D eigenvalue weighted by molar-refractivity contribution is 0.0374. The molecule has 0 atom stereocenters. The molecule has 4 nitrogen and oxygen atoms in total. The van der Waals surface area contributed by atoms with Crippen LogP contribution in [0.4, 0.5) is 0 Å². The van der Waals surface area contributed by atoms with Crippen LogP contribution >= 0.6 is 0 Å². The number of nitrogens with zero attached hydrogens (tertiary/aromatic N) is 1. The first kappa shape index (κ1) is 16.3. The third kappa shape index (κ3) is 6.46. The van der Waals surface area contributed by atoms with Crippen molar-refractivity contribution < 1.29 is 9.47 Å². The summed E-state index contributed by atoms with van der Waals surface area (Å²) in [6.07, 6.45) is 2.24. The molecule has 1 aliphatic rings. The van der Waals surface area contributed by atoms with Crippen LogP contribution in [0.1, 0.15) is 25.3 Å². The Labute approximate surface area is 128 Å². The fraction of sp³-hybridized carbons (Fsp3) is 0.647. The highest BCUT2D eigenvalue weighted by molar-refractivity contribution is 5.27. The second-order valence-electron chi connectivity index (χ2n) is 5.48. The quantitative estimate of drug-likeness (QED) is 0.708. The van der Waals surface area contributed by atoms with Crippen molar-refractivity contribution in [1.82, 2.24) is 10.2 Å². The van der Waals surface area contributed by atoms with Gasteiger partial charge in [0.2, 0.25) is 0 Å². The minimum absolute atomic E-state index is 0.791. The zero-order valence-corrected chi connectivity index (χ0v) is 13.1. The van der Waals surface area contributed by atoms with Crippen molar-refractivity contribution in [2.45, 2.75) is 26.3 Å². The van der Waals surface area contributed by atoms with Gasteiger partial charge in [-0.25, -0.2) is 0 Å². The van der Waals surface area contributed by atoms with Gasteiger partial charge in [-0.15, -0.1) is 0 Å². The van der Waals surface area contributed by atoms with Crippen LogP contribution in [0.2, 0.25) is 0 Å². The molecule has 0 bridgehead atoms. The summed E-state index contributed by atoms with van der Waals surface area (Å²) in [7, 11) is 0. The smallest absolute Gasteiger partial charge is 0.119 e. The molecule has 1 N–H and O–H groups in total. The minimum atomic E-state index is 0.791. The molecule has 0 aliphatic carbocycles. The van der Waals surface area contributed by atoms with E-state index < -0.39 is 0 Å². The van der Waals surface area contributed by atoms with Crippen LogP contribution in [-0.2, 0) is 11.3 Å². The van der Waals surface area contributed by atoms with Gasteiger partial charge in [-0.2, -0.15) is 0 Å². The number of hydrogen-bond donors (Lipinski definition) is 1. The number of morpholine rings is 1. The third-order valence-electron chi connectivity index (χ3n) is 3.66. The summed E-state index contributed by atoms with van der Waals surface area (Å²) in [5, 5.41) is 3.51. The molecule has 118 valence electrons. The summed E-state index contributed by atoms with van der Waals surface area (Å²) in [5.41, 5.74) is 1.31. The lowest BCUT2D eigenvalue weighted by Crippen LogP contribution is -2.37. The molecular weight excluding hydrogens is 264 g/mol. The van der Waals surface area contributed by atoms with Crippen molar-refractivity contribution in [1.29, 1.82) is 0 Å². The fourth-order valence-corrected chi connectivity index (χ4v) is 2.41. The lowest BCUT2D eigenvalue weighted by atomic mass is 10.2. The van der Waals surface area contributed by atoms with Gasteiger partial charge in [-0.05, 0) is 43.6 Å². The first-order valence-electron chi connectivity index (χ1n) is 8.11. The fourth-order valence-electron chi connectivity index (χ4n) is 2.41. The lowest BCUT2D eigenvalue weighted by Gasteiger charge is -2.26. The average Bonchev–Trinajstić information content (AvgIpc) is 2.55. The molecular formula is C17H28N2O2. The number of rotatable bonds is 9. The molecule has 21 heavy (non-hydrogen) atoms. The zero-order chi connectivity index (χ0) is 14.8. The third-order valence-corrected chi connectivity index (χ3v) is 3.66. The Kier molecular flexibility index (Phi) is 7.57. The number of ether oxygens (including phenoxy) is 2. The van der Waals surface area contributed by atoms with Gasteiger partial charge in [0.15, 0.2) is 0 Å². The molecule has 4 heteroatoms. The van der Waals surface area contributed by atoms with Gasteiger partial charge in [0, 0.05) is 19.6 Å². The predicted molar refractivity (Wildman–Crippen MR) is 85.8 cm³/mol. The predicted octanol–water partition coefficient (Wildman–Crippen LogP) is 2.29. The van der Waals surface area contributed by atoms with E-state index in [1.54, 1.807) is 0 Å². The molecule has 1 fully saturated rings. The Morgan fingerprint density at radius 2 is 1.95 bits per heavy atom. The highest BCUT2D eigenvalue weighted by Crippen LogP contribution is 2.12. The van der Waals surface area contributed by atoms with Crippen molar-refractivity contribution >= 4 is 0 Å². The Balaban J connectivity index is 1.55. The monoisotopic (exact) mass is 292 g/mol. The summed E-state index contributed by atoms with van der Waals surface area (Å²) in [5.74, 6) is 0.966. The Morgan fingerprint density at radius 1 is 1.19 bits per heavy atom. The molecule has 0 aromatic heterocycles. The summed E-state index contributed by atoms with van der Waals surface area (Å²) < 4.78 is 10.9. The van der Waals surface area contributed by atoms with Gasteiger partial charge in [-0.3, -0.25) is 4.90 Å². The first-order valence-corrected chi connectivity index (χ1v) is 8.11. The van der Waals surface area contributed by atoms with Crippen LogP contribution < -0.4 is 10.1 Å². The van der Waals surface area contributed by atoms with E-state index in [1.165, 1.54) is 18.5 Å². The maximum absolute atomic E-state index is 5.58. The van der Waals surface area contributed by atoms with E-state index in [0.29, 0.717) is 0 Å². The zero-order valence-electron chi connectivity index (χ0n) is 13.1. The summed E-state index contributed by atoms with van der Waals surface area (Å²) in [6, 6.07) is 8.39.